The Morgan fingerprint density at radius 2 is 1.50 bits per heavy atom. The normalized spacial score (nSPS) is 24.1. The lowest BCUT2D eigenvalue weighted by Gasteiger charge is -2.49. The van der Waals surface area contributed by atoms with Crippen LogP contribution in [0.3, 0.4) is 0 Å². The molecule has 1 fully saturated rings. The zero-order chi connectivity index (χ0) is 39.0. The molecule has 2 aliphatic heterocycles. The first-order valence-electron chi connectivity index (χ1n) is 18.8. The Kier molecular flexibility index (Phi) is 13.5. The maximum atomic E-state index is 14.0. The van der Waals surface area contributed by atoms with Gasteiger partial charge in [-0.25, -0.2) is 9.59 Å². The number of benzene rings is 3. The SMILES string of the molecule is CO[C@](C)(C[C@@H](C)C=O)[C@H](O[C@@H]1O[C@H](C)C[C@H](N(Cc2ccccc2)Cc2ccccc2)[C@H]1OC(=O)c1ccccc1)[C@@H](C)C1=C(C)C(=O)OC(C)(C)O1. The third-order valence-corrected chi connectivity index (χ3v) is 10.3. The summed E-state index contributed by atoms with van der Waals surface area (Å²) < 4.78 is 38.4. The Bertz CT molecular complexity index is 1690. The topological polar surface area (TPSA) is 110 Å². The molecule has 0 N–H and O–H groups in total. The third-order valence-electron chi connectivity index (χ3n) is 10.3. The minimum Gasteiger partial charge on any atom is -0.456 e. The van der Waals surface area contributed by atoms with Gasteiger partial charge in [-0.15, -0.1) is 0 Å². The van der Waals surface area contributed by atoms with Crippen LogP contribution >= 0.6 is 0 Å². The number of ether oxygens (including phenoxy) is 6. The number of methoxy groups -OCH3 is 1. The van der Waals surface area contributed by atoms with Crippen LogP contribution in [0.1, 0.15) is 82.8 Å². The zero-order valence-electron chi connectivity index (χ0n) is 32.7. The first-order valence-corrected chi connectivity index (χ1v) is 18.8. The van der Waals surface area contributed by atoms with Gasteiger partial charge in [-0.1, -0.05) is 92.7 Å². The van der Waals surface area contributed by atoms with Crippen LogP contribution in [0, 0.1) is 11.8 Å². The van der Waals surface area contributed by atoms with Crippen LogP contribution < -0.4 is 0 Å². The maximum Gasteiger partial charge on any atom is 0.340 e. The van der Waals surface area contributed by atoms with Gasteiger partial charge in [0.05, 0.1) is 35.0 Å². The minimum absolute atomic E-state index is 0.288. The van der Waals surface area contributed by atoms with Crippen LogP contribution in [0.15, 0.2) is 102 Å². The number of rotatable bonds is 16. The molecule has 3 aromatic carbocycles. The van der Waals surface area contributed by atoms with Gasteiger partial charge in [-0.3, -0.25) is 4.90 Å². The second-order valence-corrected chi connectivity index (χ2v) is 15.3. The van der Waals surface area contributed by atoms with Crippen LogP contribution in [-0.4, -0.2) is 72.3 Å². The number of hydrogen-bond donors (Lipinski definition) is 0. The number of aldehydes is 1. The molecule has 10 heteroatoms. The third kappa shape index (κ3) is 10.0. The predicted octanol–water partition coefficient (Wildman–Crippen LogP) is 7.65. The van der Waals surface area contributed by atoms with Gasteiger partial charge in [-0.05, 0) is 56.9 Å². The molecule has 0 spiro atoms. The molecule has 54 heavy (non-hydrogen) atoms. The van der Waals surface area contributed by atoms with Crippen LogP contribution in [0.4, 0.5) is 0 Å². The lowest BCUT2D eigenvalue weighted by Crippen LogP contribution is -2.60. The number of hydrogen-bond acceptors (Lipinski definition) is 10. The summed E-state index contributed by atoms with van der Waals surface area (Å²) in [6.07, 6.45) is -1.45. The number of carbonyl (C=O) groups excluding carboxylic acids is 3. The number of cyclic esters (lactones) is 1. The maximum absolute atomic E-state index is 14.0. The van der Waals surface area contributed by atoms with Crippen molar-refractivity contribution in [3.63, 3.8) is 0 Å². The number of nitrogens with zero attached hydrogens (tertiary/aromatic N) is 1. The first-order chi connectivity index (χ1) is 25.7. The molecule has 8 atom stereocenters. The van der Waals surface area contributed by atoms with E-state index in [0.29, 0.717) is 36.4 Å². The van der Waals surface area contributed by atoms with Gasteiger partial charge >= 0.3 is 11.9 Å². The van der Waals surface area contributed by atoms with Crippen molar-refractivity contribution in [1.29, 1.82) is 0 Å². The molecule has 1 saturated heterocycles. The average molecular weight is 742 g/mol. The minimum atomic E-state index is -1.23. The molecular formula is C44H55NO9. The van der Waals surface area contributed by atoms with Gasteiger partial charge in [0.25, 0.3) is 0 Å². The molecule has 0 aliphatic carbocycles. The Morgan fingerprint density at radius 3 is 2.04 bits per heavy atom. The van der Waals surface area contributed by atoms with E-state index in [1.807, 2.05) is 70.2 Å². The summed E-state index contributed by atoms with van der Waals surface area (Å²) in [7, 11) is 1.57. The van der Waals surface area contributed by atoms with Gasteiger partial charge in [-0.2, -0.15) is 0 Å². The van der Waals surface area contributed by atoms with Crippen molar-refractivity contribution < 1.29 is 42.8 Å². The Hall–Kier alpha value is -4.35. The highest BCUT2D eigenvalue weighted by Gasteiger charge is 2.51. The van der Waals surface area contributed by atoms with Crippen molar-refractivity contribution in [2.24, 2.45) is 11.8 Å². The molecule has 0 radical (unpaired) electrons. The fraction of sp³-hybridized carbons (Fsp3) is 0.477. The van der Waals surface area contributed by atoms with Crippen molar-refractivity contribution in [2.75, 3.05) is 7.11 Å². The molecule has 0 saturated carbocycles. The first kappa shape index (κ1) is 40.8. The highest BCUT2D eigenvalue weighted by molar-refractivity contribution is 5.90. The summed E-state index contributed by atoms with van der Waals surface area (Å²) in [6.45, 7) is 13.7. The fourth-order valence-corrected chi connectivity index (χ4v) is 7.58. The highest BCUT2D eigenvalue weighted by Crippen LogP contribution is 2.41. The molecule has 2 heterocycles. The molecule has 0 amide bonds. The Morgan fingerprint density at radius 1 is 0.944 bits per heavy atom. The summed E-state index contributed by atoms with van der Waals surface area (Å²) in [6, 6.07) is 28.9. The van der Waals surface area contributed by atoms with Crippen LogP contribution in [0.2, 0.25) is 0 Å². The molecular weight excluding hydrogens is 686 g/mol. The van der Waals surface area contributed by atoms with Crippen LogP contribution in [0.25, 0.3) is 0 Å². The van der Waals surface area contributed by atoms with Crippen molar-refractivity contribution in [3.05, 3.63) is 119 Å². The summed E-state index contributed by atoms with van der Waals surface area (Å²) in [4.78, 5) is 41.4. The molecule has 0 aromatic heterocycles. The zero-order valence-corrected chi connectivity index (χ0v) is 32.7. The summed E-state index contributed by atoms with van der Waals surface area (Å²) in [5, 5.41) is 0. The summed E-state index contributed by atoms with van der Waals surface area (Å²) in [5.74, 6) is -2.85. The molecule has 2 aliphatic rings. The van der Waals surface area contributed by atoms with E-state index in [4.69, 9.17) is 28.4 Å². The molecule has 3 aromatic rings. The molecule has 0 bridgehead atoms. The summed E-state index contributed by atoms with van der Waals surface area (Å²) in [5.41, 5.74) is 1.81. The average Bonchev–Trinajstić information content (AvgIpc) is 3.16. The lowest BCUT2D eigenvalue weighted by atomic mass is 9.80. The largest absolute Gasteiger partial charge is 0.456 e. The van der Waals surface area contributed by atoms with Crippen LogP contribution in [-0.2, 0) is 51.1 Å². The van der Waals surface area contributed by atoms with Gasteiger partial charge in [0.15, 0.2) is 12.4 Å². The van der Waals surface area contributed by atoms with Crippen molar-refractivity contribution >= 4 is 18.2 Å². The second kappa shape index (κ2) is 17.9. The van der Waals surface area contributed by atoms with Crippen molar-refractivity contribution in [3.8, 4) is 0 Å². The van der Waals surface area contributed by atoms with E-state index in [1.165, 1.54) is 0 Å². The molecule has 5 rings (SSSR count). The highest BCUT2D eigenvalue weighted by atomic mass is 16.7. The summed E-state index contributed by atoms with van der Waals surface area (Å²) >= 11 is 0. The molecule has 0 unspecified atom stereocenters. The van der Waals surface area contributed by atoms with E-state index >= 15 is 0 Å². The predicted molar refractivity (Wildman–Crippen MR) is 204 cm³/mol. The smallest absolute Gasteiger partial charge is 0.340 e. The van der Waals surface area contributed by atoms with Gasteiger partial charge in [0.2, 0.25) is 5.79 Å². The lowest BCUT2D eigenvalue weighted by molar-refractivity contribution is -0.299. The fourth-order valence-electron chi connectivity index (χ4n) is 7.58. The standard InChI is InChI=1S/C44H55NO9/c1-29(28-46)25-44(7,49-8)39(31(3)37-32(4)40(47)54-43(5,6)53-37)52-42-38(51-41(48)35-22-16-11-17-23-35)36(24-30(2)50-42)45(26-33-18-12-9-13-19-33)27-34-20-14-10-15-21-34/h9-23,28-31,36,38-39,42H,24-27H2,1-8H3/t29-,30-,31+,36+,38-,39-,42+,44-/m1/s1. The van der Waals surface area contributed by atoms with E-state index in [0.717, 1.165) is 17.4 Å². The monoisotopic (exact) mass is 741 g/mol. The molecule has 290 valence electrons. The van der Waals surface area contributed by atoms with E-state index in [-0.39, 0.29) is 18.6 Å². The van der Waals surface area contributed by atoms with Crippen molar-refractivity contribution in [2.45, 2.75) is 116 Å². The second-order valence-electron chi connectivity index (χ2n) is 15.3. The van der Waals surface area contributed by atoms with Gasteiger partial charge in [0.1, 0.15) is 12.0 Å². The van der Waals surface area contributed by atoms with E-state index < -0.39 is 53.7 Å². The van der Waals surface area contributed by atoms with E-state index in [9.17, 15) is 14.4 Å². The quantitative estimate of drug-likeness (QED) is 0.107. The molecule has 10 nitrogen and oxygen atoms in total. The Labute approximate surface area is 319 Å². The Balaban J connectivity index is 1.62. The van der Waals surface area contributed by atoms with Gasteiger partial charge < -0.3 is 33.2 Å². The van der Waals surface area contributed by atoms with Gasteiger partial charge in [0, 0.05) is 45.9 Å². The number of carbonyl (C=O) groups is 3. The van der Waals surface area contributed by atoms with E-state index in [1.54, 1.807) is 52.1 Å². The van der Waals surface area contributed by atoms with Crippen molar-refractivity contribution in [1.82, 2.24) is 4.90 Å². The van der Waals surface area contributed by atoms with Crippen LogP contribution in [0.5, 0.6) is 0 Å². The van der Waals surface area contributed by atoms with E-state index in [2.05, 4.69) is 29.2 Å². The number of esters is 2.